The number of primary amides is 1. The van der Waals surface area contributed by atoms with E-state index in [0.29, 0.717) is 23.6 Å². The van der Waals surface area contributed by atoms with Crippen LogP contribution in [0.2, 0.25) is 0 Å². The molecule has 0 aliphatic heterocycles. The van der Waals surface area contributed by atoms with Crippen LogP contribution in [0.4, 0.5) is 0 Å². The van der Waals surface area contributed by atoms with Crippen LogP contribution < -0.4 is 5.73 Å². The molecule has 1 atom stereocenters. The third-order valence-corrected chi connectivity index (χ3v) is 6.34. The molecule has 0 saturated heterocycles. The van der Waals surface area contributed by atoms with Crippen LogP contribution in [0.5, 0.6) is 0 Å². The number of hydrogen-bond acceptors (Lipinski definition) is 2. The Morgan fingerprint density at radius 1 is 1.20 bits per heavy atom. The van der Waals surface area contributed by atoms with E-state index >= 15 is 0 Å². The molecule has 4 rings (SSSR count). The number of carbonyl (C=O) groups is 2. The number of carbonyl (C=O) groups excluding carboxylic acids is 1. The molecule has 0 bridgehead atoms. The molecular weight excluding hydrogens is 376 g/mol. The number of hydrogen-bond donors (Lipinski definition) is 2. The van der Waals surface area contributed by atoms with E-state index in [-0.39, 0.29) is 0 Å². The number of carboxylic acids is 1. The van der Waals surface area contributed by atoms with Gasteiger partial charge in [-0.15, -0.1) is 0 Å². The average molecular weight is 405 g/mol. The highest BCUT2D eigenvalue weighted by Gasteiger charge is 2.27. The first-order valence-corrected chi connectivity index (χ1v) is 10.7. The minimum atomic E-state index is -0.912. The smallest absolute Gasteiger partial charge is 0.337 e. The molecule has 0 saturated carbocycles. The van der Waals surface area contributed by atoms with Gasteiger partial charge in [-0.25, -0.2) is 4.79 Å². The maximum atomic E-state index is 12.0. The van der Waals surface area contributed by atoms with Crippen LogP contribution in [0.3, 0.4) is 0 Å². The number of para-hydroxylation sites is 1. The number of nitrogens with zero attached hydrogens (tertiary/aromatic N) is 1. The summed E-state index contributed by atoms with van der Waals surface area (Å²) in [6.45, 7) is 2.75. The topological polar surface area (TPSA) is 85.3 Å². The van der Waals surface area contributed by atoms with Crippen molar-refractivity contribution in [3.05, 3.63) is 70.4 Å². The predicted molar refractivity (Wildman–Crippen MR) is 118 cm³/mol. The lowest BCUT2D eigenvalue weighted by atomic mass is 9.83. The summed E-state index contributed by atoms with van der Waals surface area (Å²) in [7, 11) is 0. The Bertz CT molecular complexity index is 1110. The van der Waals surface area contributed by atoms with E-state index < -0.39 is 11.9 Å². The van der Waals surface area contributed by atoms with Gasteiger partial charge in [0.1, 0.15) is 0 Å². The zero-order valence-electron chi connectivity index (χ0n) is 17.4. The summed E-state index contributed by atoms with van der Waals surface area (Å²) in [5.41, 5.74) is 10.5. The predicted octanol–water partition coefficient (Wildman–Crippen LogP) is 4.78. The number of unbranched alkanes of at least 4 members (excludes halogenated alkanes) is 1. The highest BCUT2D eigenvalue weighted by Crippen LogP contribution is 2.37. The second kappa shape index (κ2) is 8.34. The average Bonchev–Trinajstić information content (AvgIpc) is 3.05. The zero-order valence-corrected chi connectivity index (χ0v) is 17.4. The van der Waals surface area contributed by atoms with E-state index in [1.54, 1.807) is 18.2 Å². The Balaban J connectivity index is 1.83. The van der Waals surface area contributed by atoms with Crippen LogP contribution in [-0.4, -0.2) is 21.6 Å². The fourth-order valence-electron chi connectivity index (χ4n) is 4.87. The minimum Gasteiger partial charge on any atom is -0.478 e. The van der Waals surface area contributed by atoms with Crippen LogP contribution >= 0.6 is 0 Å². The van der Waals surface area contributed by atoms with Gasteiger partial charge in [-0.3, -0.25) is 4.79 Å². The Morgan fingerprint density at radius 2 is 2.00 bits per heavy atom. The van der Waals surface area contributed by atoms with Crippen molar-refractivity contribution in [2.45, 2.75) is 52.0 Å². The lowest BCUT2D eigenvalue weighted by Gasteiger charge is -2.24. The highest BCUT2D eigenvalue weighted by atomic mass is 16.4. The second-order valence-corrected chi connectivity index (χ2v) is 8.33. The summed E-state index contributed by atoms with van der Waals surface area (Å²) in [5.74, 6) is -0.713. The standard InChI is InChI=1S/C25H28N2O3/c1-2-3-6-16-11-12-22-21(14-16)19-9-5-10-20(25(29)30)23(19)27(22)15-17-7-4-8-18(13-17)24(26)28/h4-5,7-10,13,16H,2-3,6,11-12,14-15H2,1H3,(H2,26,28)(H,29,30). The normalized spacial score (nSPS) is 15.8. The van der Waals surface area contributed by atoms with Gasteiger partial charge in [0.25, 0.3) is 0 Å². The SMILES string of the molecule is CCCCC1CCc2c(c3cccc(C(=O)O)c3n2Cc2cccc(C(N)=O)c2)C1. The van der Waals surface area contributed by atoms with Gasteiger partial charge in [0, 0.05) is 23.2 Å². The molecular formula is C25H28N2O3. The second-order valence-electron chi connectivity index (χ2n) is 8.33. The molecule has 2 aromatic carbocycles. The summed E-state index contributed by atoms with van der Waals surface area (Å²) in [6.07, 6.45) is 6.74. The highest BCUT2D eigenvalue weighted by molar-refractivity contribution is 6.04. The largest absolute Gasteiger partial charge is 0.478 e. The van der Waals surface area contributed by atoms with Crippen molar-refractivity contribution in [2.75, 3.05) is 0 Å². The van der Waals surface area contributed by atoms with Gasteiger partial charge in [0.05, 0.1) is 11.1 Å². The molecule has 1 unspecified atom stereocenters. The van der Waals surface area contributed by atoms with Crippen LogP contribution in [-0.2, 0) is 19.4 Å². The summed E-state index contributed by atoms with van der Waals surface area (Å²) in [6, 6.07) is 12.9. The van der Waals surface area contributed by atoms with Crippen molar-refractivity contribution < 1.29 is 14.7 Å². The van der Waals surface area contributed by atoms with E-state index in [1.807, 2.05) is 18.2 Å². The third kappa shape index (κ3) is 3.72. The molecule has 0 spiro atoms. The van der Waals surface area contributed by atoms with Gasteiger partial charge < -0.3 is 15.4 Å². The van der Waals surface area contributed by atoms with E-state index in [9.17, 15) is 14.7 Å². The van der Waals surface area contributed by atoms with Crippen molar-refractivity contribution in [2.24, 2.45) is 11.7 Å². The maximum Gasteiger partial charge on any atom is 0.337 e. The van der Waals surface area contributed by atoms with E-state index in [1.165, 1.54) is 30.5 Å². The van der Waals surface area contributed by atoms with Crippen molar-refractivity contribution in [1.82, 2.24) is 4.57 Å². The monoisotopic (exact) mass is 404 g/mol. The summed E-state index contributed by atoms with van der Waals surface area (Å²) < 4.78 is 2.16. The van der Waals surface area contributed by atoms with Crippen LogP contribution in [0.1, 0.15) is 70.1 Å². The number of nitrogens with two attached hydrogens (primary N) is 1. The Labute approximate surface area is 176 Å². The number of carboxylic acid groups (broad SMARTS) is 1. The van der Waals surface area contributed by atoms with Crippen molar-refractivity contribution in [3.63, 3.8) is 0 Å². The summed E-state index contributed by atoms with van der Waals surface area (Å²) >= 11 is 0. The molecule has 1 aromatic heterocycles. The van der Waals surface area contributed by atoms with Crippen LogP contribution in [0.15, 0.2) is 42.5 Å². The lowest BCUT2D eigenvalue weighted by molar-refractivity contribution is 0.0698. The van der Waals surface area contributed by atoms with Gasteiger partial charge in [-0.05, 0) is 54.5 Å². The van der Waals surface area contributed by atoms with Crippen LogP contribution in [0, 0.1) is 5.92 Å². The van der Waals surface area contributed by atoms with Crippen LogP contribution in [0.25, 0.3) is 10.9 Å². The molecule has 0 radical (unpaired) electrons. The molecule has 1 aliphatic carbocycles. The summed E-state index contributed by atoms with van der Waals surface area (Å²) in [5, 5.41) is 10.9. The third-order valence-electron chi connectivity index (χ3n) is 6.34. The number of benzene rings is 2. The zero-order chi connectivity index (χ0) is 21.3. The quantitative estimate of drug-likeness (QED) is 0.594. The molecule has 1 amide bonds. The fraction of sp³-hybridized carbons (Fsp3) is 0.360. The molecule has 1 heterocycles. The number of amides is 1. The van der Waals surface area contributed by atoms with Gasteiger partial charge in [0.2, 0.25) is 5.91 Å². The van der Waals surface area contributed by atoms with Gasteiger partial charge in [0.15, 0.2) is 0 Å². The first kappa shape index (κ1) is 20.2. The van der Waals surface area contributed by atoms with Crippen molar-refractivity contribution >= 4 is 22.8 Å². The molecule has 1 aliphatic rings. The minimum absolute atomic E-state index is 0.332. The van der Waals surface area contributed by atoms with Gasteiger partial charge in [-0.1, -0.05) is 50.5 Å². The van der Waals surface area contributed by atoms with Gasteiger partial charge in [-0.2, -0.15) is 0 Å². The molecule has 30 heavy (non-hydrogen) atoms. The number of aromatic nitrogens is 1. The molecule has 3 aromatic rings. The summed E-state index contributed by atoms with van der Waals surface area (Å²) in [4.78, 5) is 23.6. The molecule has 156 valence electrons. The first-order chi connectivity index (χ1) is 14.5. The Kier molecular flexibility index (Phi) is 5.62. The van der Waals surface area contributed by atoms with E-state index in [0.717, 1.165) is 35.7 Å². The molecule has 5 heteroatoms. The lowest BCUT2D eigenvalue weighted by Crippen LogP contribution is -2.17. The Morgan fingerprint density at radius 3 is 2.73 bits per heavy atom. The number of aromatic carboxylic acids is 1. The van der Waals surface area contributed by atoms with E-state index in [2.05, 4.69) is 17.6 Å². The number of fused-ring (bicyclic) bond motifs is 3. The van der Waals surface area contributed by atoms with E-state index in [4.69, 9.17) is 5.73 Å². The number of rotatable bonds is 7. The Hall–Kier alpha value is -3.08. The maximum absolute atomic E-state index is 12.0. The molecule has 3 N–H and O–H groups in total. The fourth-order valence-corrected chi connectivity index (χ4v) is 4.87. The molecule has 5 nitrogen and oxygen atoms in total. The van der Waals surface area contributed by atoms with Gasteiger partial charge >= 0.3 is 5.97 Å². The van der Waals surface area contributed by atoms with Crippen molar-refractivity contribution in [1.29, 1.82) is 0 Å². The molecule has 0 fully saturated rings. The van der Waals surface area contributed by atoms with Crippen molar-refractivity contribution in [3.8, 4) is 0 Å². The first-order valence-electron chi connectivity index (χ1n) is 10.7.